The molecule has 0 radical (unpaired) electrons. The number of hydrogen-bond donors (Lipinski definition) is 1. The van der Waals surface area contributed by atoms with Crippen molar-refractivity contribution in [2.24, 2.45) is 0 Å². The van der Waals surface area contributed by atoms with Crippen LogP contribution in [0.25, 0.3) is 0 Å². The van der Waals surface area contributed by atoms with E-state index in [0.29, 0.717) is 0 Å². The maximum Gasteiger partial charge on any atom is 0.161 e. The molecule has 0 saturated heterocycles. The van der Waals surface area contributed by atoms with Crippen LogP contribution in [0, 0.1) is 0 Å². The largest absolute Gasteiger partial charge is 0.493 e. The Morgan fingerprint density at radius 2 is 1.94 bits per heavy atom. The summed E-state index contributed by atoms with van der Waals surface area (Å²) in [7, 11) is 3.28. The Morgan fingerprint density at radius 3 is 2.47 bits per heavy atom. The Hall–Kier alpha value is -1.22. The maximum absolute atomic E-state index is 9.70. The average molecular weight is 236 g/mol. The smallest absolute Gasteiger partial charge is 0.161 e. The monoisotopic (exact) mass is 236 g/mol. The van der Waals surface area contributed by atoms with Crippen molar-refractivity contribution in [1.29, 1.82) is 0 Å². The quantitative estimate of drug-likeness (QED) is 0.876. The molecule has 0 spiro atoms. The molecular formula is C14H20O3. The van der Waals surface area contributed by atoms with Crippen molar-refractivity contribution in [3.8, 4) is 11.5 Å². The van der Waals surface area contributed by atoms with Gasteiger partial charge in [0.05, 0.1) is 20.3 Å². The van der Waals surface area contributed by atoms with Gasteiger partial charge in [-0.2, -0.15) is 0 Å². The van der Waals surface area contributed by atoms with Crippen LogP contribution < -0.4 is 9.47 Å². The molecule has 0 bridgehead atoms. The van der Waals surface area contributed by atoms with Crippen LogP contribution in [0.2, 0.25) is 0 Å². The van der Waals surface area contributed by atoms with E-state index < -0.39 is 0 Å². The lowest BCUT2D eigenvalue weighted by atomic mass is 9.81. The van der Waals surface area contributed by atoms with Crippen LogP contribution >= 0.6 is 0 Å². The van der Waals surface area contributed by atoms with Crippen LogP contribution in [0.15, 0.2) is 18.2 Å². The number of hydrogen-bond acceptors (Lipinski definition) is 3. The highest BCUT2D eigenvalue weighted by Crippen LogP contribution is 2.43. The predicted molar refractivity (Wildman–Crippen MR) is 66.8 cm³/mol. The molecule has 1 saturated carbocycles. The van der Waals surface area contributed by atoms with E-state index >= 15 is 0 Å². The highest BCUT2D eigenvalue weighted by molar-refractivity contribution is 5.45. The normalized spacial score (nSPS) is 28.1. The van der Waals surface area contributed by atoms with Gasteiger partial charge in [0.2, 0.25) is 0 Å². The average Bonchev–Trinajstić information content (AvgIpc) is 2.69. The maximum atomic E-state index is 9.70. The molecule has 2 rings (SSSR count). The molecule has 0 heterocycles. The van der Waals surface area contributed by atoms with Gasteiger partial charge in [0.1, 0.15) is 0 Å². The summed E-state index contributed by atoms with van der Waals surface area (Å²) >= 11 is 0. The first-order valence-corrected chi connectivity index (χ1v) is 5.99. The Labute approximate surface area is 102 Å². The van der Waals surface area contributed by atoms with Crippen molar-refractivity contribution in [2.45, 2.75) is 37.7 Å². The molecule has 0 aliphatic heterocycles. The van der Waals surface area contributed by atoms with Crippen LogP contribution in [-0.4, -0.2) is 25.4 Å². The van der Waals surface area contributed by atoms with E-state index in [2.05, 4.69) is 13.0 Å². The van der Waals surface area contributed by atoms with Crippen molar-refractivity contribution in [3.05, 3.63) is 23.8 Å². The Morgan fingerprint density at radius 1 is 1.24 bits per heavy atom. The van der Waals surface area contributed by atoms with Gasteiger partial charge in [-0.15, -0.1) is 0 Å². The molecule has 0 aromatic heterocycles. The van der Waals surface area contributed by atoms with E-state index in [-0.39, 0.29) is 11.5 Å². The lowest BCUT2D eigenvalue weighted by Gasteiger charge is -2.25. The number of aliphatic hydroxyl groups excluding tert-OH is 1. The first-order chi connectivity index (χ1) is 8.09. The van der Waals surface area contributed by atoms with Crippen LogP contribution in [0.3, 0.4) is 0 Å². The van der Waals surface area contributed by atoms with Crippen LogP contribution in [0.5, 0.6) is 11.5 Å². The molecule has 2 atom stereocenters. The third kappa shape index (κ3) is 2.25. The third-order valence-corrected chi connectivity index (χ3v) is 3.80. The molecule has 1 aliphatic rings. The van der Waals surface area contributed by atoms with Crippen molar-refractivity contribution in [3.63, 3.8) is 0 Å². The predicted octanol–water partition coefficient (Wildman–Crippen LogP) is 2.51. The minimum Gasteiger partial charge on any atom is -0.493 e. The zero-order valence-electron chi connectivity index (χ0n) is 10.7. The summed E-state index contributed by atoms with van der Waals surface area (Å²) < 4.78 is 10.6. The van der Waals surface area contributed by atoms with Crippen molar-refractivity contribution >= 4 is 0 Å². The molecular weight excluding hydrogens is 216 g/mol. The minimum atomic E-state index is -0.173. The van der Waals surface area contributed by atoms with Gasteiger partial charge in [-0.3, -0.25) is 0 Å². The van der Waals surface area contributed by atoms with Crippen LogP contribution in [-0.2, 0) is 5.41 Å². The summed E-state index contributed by atoms with van der Waals surface area (Å²) in [6.45, 7) is 2.20. The van der Waals surface area contributed by atoms with Crippen molar-refractivity contribution < 1.29 is 14.6 Å². The summed E-state index contributed by atoms with van der Waals surface area (Å²) in [5.74, 6) is 1.51. The molecule has 17 heavy (non-hydrogen) atoms. The fourth-order valence-electron chi connectivity index (χ4n) is 2.68. The SMILES string of the molecule is COc1ccc(C2(C)CCC(O)C2)cc1OC. The second-order valence-corrected chi connectivity index (χ2v) is 5.03. The summed E-state index contributed by atoms with van der Waals surface area (Å²) in [6.07, 6.45) is 2.55. The van der Waals surface area contributed by atoms with Gasteiger partial charge < -0.3 is 14.6 Å². The molecule has 94 valence electrons. The summed E-state index contributed by atoms with van der Waals surface area (Å²) in [4.78, 5) is 0. The summed E-state index contributed by atoms with van der Waals surface area (Å²) in [5.41, 5.74) is 1.27. The van der Waals surface area contributed by atoms with E-state index in [0.717, 1.165) is 30.8 Å². The minimum absolute atomic E-state index is 0.0545. The fraction of sp³-hybridized carbons (Fsp3) is 0.571. The van der Waals surface area contributed by atoms with E-state index in [1.165, 1.54) is 5.56 Å². The van der Waals surface area contributed by atoms with Gasteiger partial charge in [-0.25, -0.2) is 0 Å². The Kier molecular flexibility index (Phi) is 3.29. The third-order valence-electron chi connectivity index (χ3n) is 3.80. The summed E-state index contributed by atoms with van der Waals surface area (Å²) in [5, 5.41) is 9.70. The second-order valence-electron chi connectivity index (χ2n) is 5.03. The van der Waals surface area contributed by atoms with E-state index in [1.807, 2.05) is 12.1 Å². The highest BCUT2D eigenvalue weighted by Gasteiger charge is 2.36. The molecule has 1 aromatic carbocycles. The number of aliphatic hydroxyl groups is 1. The molecule has 3 nitrogen and oxygen atoms in total. The molecule has 1 aromatic rings. The van der Waals surface area contributed by atoms with Crippen molar-refractivity contribution in [2.75, 3.05) is 14.2 Å². The topological polar surface area (TPSA) is 38.7 Å². The van der Waals surface area contributed by atoms with Gasteiger partial charge in [0.15, 0.2) is 11.5 Å². The first-order valence-electron chi connectivity index (χ1n) is 5.99. The van der Waals surface area contributed by atoms with E-state index in [1.54, 1.807) is 14.2 Å². The number of ether oxygens (including phenoxy) is 2. The van der Waals surface area contributed by atoms with Gasteiger partial charge in [0.25, 0.3) is 0 Å². The van der Waals surface area contributed by atoms with E-state index in [9.17, 15) is 5.11 Å². The van der Waals surface area contributed by atoms with Gasteiger partial charge in [-0.1, -0.05) is 13.0 Å². The van der Waals surface area contributed by atoms with Gasteiger partial charge in [-0.05, 0) is 42.4 Å². The summed E-state index contributed by atoms with van der Waals surface area (Å²) in [6, 6.07) is 6.03. The lowest BCUT2D eigenvalue weighted by Crippen LogP contribution is -2.18. The zero-order chi connectivity index (χ0) is 12.5. The molecule has 1 aliphatic carbocycles. The fourth-order valence-corrected chi connectivity index (χ4v) is 2.68. The lowest BCUT2D eigenvalue weighted by molar-refractivity contribution is 0.175. The van der Waals surface area contributed by atoms with Gasteiger partial charge in [0, 0.05) is 0 Å². The van der Waals surface area contributed by atoms with E-state index in [4.69, 9.17) is 9.47 Å². The molecule has 0 amide bonds. The molecule has 3 heteroatoms. The standard InChI is InChI=1S/C14H20O3/c1-14(7-6-11(15)9-14)10-4-5-12(16-2)13(8-10)17-3/h4-5,8,11,15H,6-7,9H2,1-3H3. The Balaban J connectivity index is 2.33. The highest BCUT2D eigenvalue weighted by atomic mass is 16.5. The number of rotatable bonds is 3. The second kappa shape index (κ2) is 4.57. The zero-order valence-corrected chi connectivity index (χ0v) is 10.7. The number of methoxy groups -OCH3 is 2. The Bertz CT molecular complexity index is 402. The number of benzene rings is 1. The van der Waals surface area contributed by atoms with Crippen LogP contribution in [0.4, 0.5) is 0 Å². The molecule has 1 N–H and O–H groups in total. The molecule has 2 unspecified atom stereocenters. The molecule has 1 fully saturated rings. The first kappa shape index (κ1) is 12.2. The van der Waals surface area contributed by atoms with Gasteiger partial charge >= 0.3 is 0 Å². The van der Waals surface area contributed by atoms with Crippen molar-refractivity contribution in [1.82, 2.24) is 0 Å². The van der Waals surface area contributed by atoms with Crippen LogP contribution in [0.1, 0.15) is 31.7 Å².